The minimum atomic E-state index is 0.0488. The lowest BCUT2D eigenvalue weighted by molar-refractivity contribution is -0.118. The summed E-state index contributed by atoms with van der Waals surface area (Å²) in [5, 5.41) is 1.86. The summed E-state index contributed by atoms with van der Waals surface area (Å²) in [4.78, 5) is 10.9. The van der Waals surface area contributed by atoms with E-state index in [1.807, 2.05) is 48.7 Å². The van der Waals surface area contributed by atoms with Crippen molar-refractivity contribution in [3.8, 4) is 0 Å². The van der Waals surface area contributed by atoms with E-state index in [-0.39, 0.29) is 5.91 Å². The molecule has 0 aliphatic carbocycles. The first-order valence-corrected chi connectivity index (χ1v) is 5.37. The van der Waals surface area contributed by atoms with E-state index >= 15 is 0 Å². The molecule has 1 amide bonds. The average molecular weight is 207 g/mol. The second kappa shape index (κ2) is 6.27. The third kappa shape index (κ3) is 4.14. The van der Waals surface area contributed by atoms with Crippen LogP contribution in [0.3, 0.4) is 0 Å². The van der Waals surface area contributed by atoms with E-state index < -0.39 is 0 Å². The molecular weight excluding hydrogens is 194 g/mol. The molecule has 0 unspecified atom stereocenters. The molecule has 0 saturated heterocycles. The second-order valence-electron chi connectivity index (χ2n) is 2.71. The Hall–Kier alpha value is -1.22. The van der Waals surface area contributed by atoms with Gasteiger partial charge in [0.1, 0.15) is 0 Å². The third-order valence-electron chi connectivity index (χ3n) is 1.62. The Morgan fingerprint density at radius 2 is 2.14 bits per heavy atom. The Morgan fingerprint density at radius 1 is 1.43 bits per heavy atom. The molecule has 0 spiro atoms. The zero-order valence-corrected chi connectivity index (χ0v) is 8.88. The maximum absolute atomic E-state index is 10.9. The van der Waals surface area contributed by atoms with Crippen LogP contribution >= 0.6 is 11.9 Å². The van der Waals surface area contributed by atoms with E-state index in [2.05, 4.69) is 4.72 Å². The van der Waals surface area contributed by atoms with Gasteiger partial charge in [-0.1, -0.05) is 37.3 Å². The predicted molar refractivity (Wildman–Crippen MR) is 61.5 cm³/mol. The van der Waals surface area contributed by atoms with Crippen LogP contribution in [-0.2, 0) is 4.79 Å². The number of carbonyl (C=O) groups is 1. The van der Waals surface area contributed by atoms with E-state index in [4.69, 9.17) is 0 Å². The van der Waals surface area contributed by atoms with Gasteiger partial charge in [-0.2, -0.15) is 0 Å². The first kappa shape index (κ1) is 10.9. The number of carbonyl (C=O) groups excluding carboxylic acids is 1. The highest BCUT2D eigenvalue weighted by Gasteiger charge is 1.92. The molecule has 3 heteroatoms. The highest BCUT2D eigenvalue weighted by molar-refractivity contribution is 8.00. The van der Waals surface area contributed by atoms with Crippen molar-refractivity contribution in [3.63, 3.8) is 0 Å². The molecule has 0 heterocycles. The molecular formula is C11H13NOS. The predicted octanol–water partition coefficient (Wildman–Crippen LogP) is 2.83. The zero-order chi connectivity index (χ0) is 10.2. The van der Waals surface area contributed by atoms with Gasteiger partial charge in [0.2, 0.25) is 5.91 Å². The lowest BCUT2D eigenvalue weighted by atomic mass is 10.2. The van der Waals surface area contributed by atoms with Crippen LogP contribution in [0.1, 0.15) is 18.9 Å². The Labute approximate surface area is 88.5 Å². The zero-order valence-electron chi connectivity index (χ0n) is 8.07. The summed E-state index contributed by atoms with van der Waals surface area (Å²) < 4.78 is 2.69. The molecule has 1 N–H and O–H groups in total. The number of amides is 1. The van der Waals surface area contributed by atoms with Gasteiger partial charge >= 0.3 is 0 Å². The van der Waals surface area contributed by atoms with Gasteiger partial charge in [0, 0.05) is 6.42 Å². The topological polar surface area (TPSA) is 29.1 Å². The Kier molecular flexibility index (Phi) is 4.86. The van der Waals surface area contributed by atoms with Gasteiger partial charge in [0.25, 0.3) is 0 Å². The second-order valence-corrected chi connectivity index (χ2v) is 3.42. The Bertz CT molecular complexity index is 308. The van der Waals surface area contributed by atoms with Crippen molar-refractivity contribution in [2.75, 3.05) is 0 Å². The summed E-state index contributed by atoms with van der Waals surface area (Å²) in [6, 6.07) is 9.96. The van der Waals surface area contributed by atoms with Crippen LogP contribution in [0.5, 0.6) is 0 Å². The molecule has 0 aromatic heterocycles. The van der Waals surface area contributed by atoms with Gasteiger partial charge in [-0.3, -0.25) is 9.52 Å². The minimum absolute atomic E-state index is 0.0488. The van der Waals surface area contributed by atoms with Crippen LogP contribution in [0.4, 0.5) is 0 Å². The molecule has 1 rings (SSSR count). The van der Waals surface area contributed by atoms with Crippen molar-refractivity contribution in [3.05, 3.63) is 41.3 Å². The summed E-state index contributed by atoms with van der Waals surface area (Å²) in [6.45, 7) is 1.83. The molecule has 0 fully saturated rings. The molecule has 0 aliphatic heterocycles. The van der Waals surface area contributed by atoms with Crippen LogP contribution in [-0.4, -0.2) is 5.91 Å². The quantitative estimate of drug-likeness (QED) is 0.769. The van der Waals surface area contributed by atoms with Crippen molar-refractivity contribution in [1.29, 1.82) is 0 Å². The van der Waals surface area contributed by atoms with Crippen molar-refractivity contribution in [2.24, 2.45) is 0 Å². The summed E-state index contributed by atoms with van der Waals surface area (Å²) >= 11 is 1.30. The van der Waals surface area contributed by atoms with Gasteiger partial charge in [-0.15, -0.1) is 0 Å². The van der Waals surface area contributed by atoms with Crippen molar-refractivity contribution < 1.29 is 4.79 Å². The molecule has 0 atom stereocenters. The fourth-order valence-electron chi connectivity index (χ4n) is 0.849. The number of rotatable bonds is 4. The number of hydrogen-bond donors (Lipinski definition) is 1. The minimum Gasteiger partial charge on any atom is -0.297 e. The normalized spacial score (nSPS) is 10.4. The average Bonchev–Trinajstić information content (AvgIpc) is 2.25. The number of hydrogen-bond acceptors (Lipinski definition) is 2. The number of benzene rings is 1. The smallest absolute Gasteiger partial charge is 0.229 e. The summed E-state index contributed by atoms with van der Waals surface area (Å²) in [7, 11) is 0. The third-order valence-corrected chi connectivity index (χ3v) is 2.24. The molecule has 0 saturated carbocycles. The maximum Gasteiger partial charge on any atom is 0.229 e. The molecule has 74 valence electrons. The van der Waals surface area contributed by atoms with Crippen molar-refractivity contribution in [2.45, 2.75) is 13.3 Å². The van der Waals surface area contributed by atoms with Crippen LogP contribution in [0, 0.1) is 0 Å². The molecule has 0 aliphatic rings. The van der Waals surface area contributed by atoms with Gasteiger partial charge in [0.15, 0.2) is 0 Å². The maximum atomic E-state index is 10.9. The highest BCUT2D eigenvalue weighted by atomic mass is 32.2. The standard InChI is InChI=1S/C11H13NOS/c1-2-11(13)12-14-9-8-10-6-4-3-5-7-10/h3-9H,2H2,1H3,(H,12,13). The fraction of sp³-hybridized carbons (Fsp3) is 0.182. The summed E-state index contributed by atoms with van der Waals surface area (Å²) in [5.74, 6) is 0.0488. The fourth-order valence-corrected chi connectivity index (χ4v) is 1.42. The molecule has 2 nitrogen and oxygen atoms in total. The summed E-state index contributed by atoms with van der Waals surface area (Å²) in [6.07, 6.45) is 2.48. The van der Waals surface area contributed by atoms with Gasteiger partial charge in [-0.25, -0.2) is 0 Å². The van der Waals surface area contributed by atoms with E-state index in [1.54, 1.807) is 0 Å². The SMILES string of the molecule is CCC(=O)NSC=Cc1ccccc1. The highest BCUT2D eigenvalue weighted by Crippen LogP contribution is 2.05. The van der Waals surface area contributed by atoms with E-state index in [0.717, 1.165) is 5.56 Å². The van der Waals surface area contributed by atoms with Crippen molar-refractivity contribution >= 4 is 23.9 Å². The Morgan fingerprint density at radius 3 is 2.79 bits per heavy atom. The lowest BCUT2D eigenvalue weighted by Gasteiger charge is -1.96. The molecule has 1 aromatic rings. The largest absolute Gasteiger partial charge is 0.297 e. The molecule has 14 heavy (non-hydrogen) atoms. The monoisotopic (exact) mass is 207 g/mol. The van der Waals surface area contributed by atoms with Crippen LogP contribution in [0.2, 0.25) is 0 Å². The molecule has 1 aromatic carbocycles. The van der Waals surface area contributed by atoms with E-state index in [1.165, 1.54) is 11.9 Å². The van der Waals surface area contributed by atoms with Gasteiger partial charge in [0.05, 0.1) is 0 Å². The summed E-state index contributed by atoms with van der Waals surface area (Å²) in [5.41, 5.74) is 1.13. The molecule has 0 radical (unpaired) electrons. The Balaban J connectivity index is 2.31. The first-order chi connectivity index (χ1) is 6.83. The van der Waals surface area contributed by atoms with E-state index in [0.29, 0.717) is 6.42 Å². The van der Waals surface area contributed by atoms with Crippen molar-refractivity contribution in [1.82, 2.24) is 4.72 Å². The van der Waals surface area contributed by atoms with Gasteiger partial charge in [-0.05, 0) is 29.0 Å². The van der Waals surface area contributed by atoms with Crippen LogP contribution in [0.25, 0.3) is 6.08 Å². The lowest BCUT2D eigenvalue weighted by Crippen LogP contribution is -2.12. The van der Waals surface area contributed by atoms with Gasteiger partial charge < -0.3 is 0 Å². The van der Waals surface area contributed by atoms with E-state index in [9.17, 15) is 4.79 Å². The van der Waals surface area contributed by atoms with Crippen LogP contribution < -0.4 is 4.72 Å². The molecule has 0 bridgehead atoms. The van der Waals surface area contributed by atoms with Crippen LogP contribution in [0.15, 0.2) is 35.7 Å². The number of nitrogens with one attached hydrogen (secondary N) is 1. The first-order valence-electron chi connectivity index (χ1n) is 4.49.